The summed E-state index contributed by atoms with van der Waals surface area (Å²) in [5.41, 5.74) is 0.290. The highest BCUT2D eigenvalue weighted by atomic mass is 16.5. The van der Waals surface area contributed by atoms with Crippen molar-refractivity contribution in [2.45, 2.75) is 19.8 Å². The smallest absolute Gasteiger partial charge is 0.335 e. The van der Waals surface area contributed by atoms with Gasteiger partial charge in [0, 0.05) is 13.1 Å². The van der Waals surface area contributed by atoms with Crippen molar-refractivity contribution < 1.29 is 14.6 Å². The fourth-order valence-electron chi connectivity index (χ4n) is 2.40. The molecule has 0 bridgehead atoms. The third-order valence-corrected chi connectivity index (χ3v) is 3.50. The Morgan fingerprint density at radius 3 is 2.74 bits per heavy atom. The Balaban J connectivity index is 1.66. The Hall–Kier alpha value is -1.55. The number of aromatic carboxylic acids is 1. The van der Waals surface area contributed by atoms with Crippen LogP contribution in [0.15, 0.2) is 24.3 Å². The number of likely N-dealkylation sites (tertiary alicyclic amines) is 1. The fourth-order valence-corrected chi connectivity index (χ4v) is 2.40. The summed E-state index contributed by atoms with van der Waals surface area (Å²) in [6, 6.07) is 6.56. The van der Waals surface area contributed by atoms with Crippen LogP contribution in [0.25, 0.3) is 0 Å². The Bertz CT molecular complexity index is 416. The number of ether oxygens (including phenoxy) is 1. The lowest BCUT2D eigenvalue weighted by Gasteiger charge is -2.15. The van der Waals surface area contributed by atoms with E-state index in [1.165, 1.54) is 19.5 Å². The molecule has 1 atom stereocenters. The molecule has 0 radical (unpaired) electrons. The quantitative estimate of drug-likeness (QED) is 0.801. The highest BCUT2D eigenvalue weighted by Gasteiger charge is 2.17. The van der Waals surface area contributed by atoms with Gasteiger partial charge in [-0.3, -0.25) is 0 Å². The zero-order valence-electron chi connectivity index (χ0n) is 11.3. The largest absolute Gasteiger partial charge is 0.494 e. The van der Waals surface area contributed by atoms with Crippen molar-refractivity contribution in [3.05, 3.63) is 29.8 Å². The van der Waals surface area contributed by atoms with Gasteiger partial charge in [-0.15, -0.1) is 0 Å². The lowest BCUT2D eigenvalue weighted by molar-refractivity contribution is 0.0697. The van der Waals surface area contributed by atoms with Gasteiger partial charge in [-0.1, -0.05) is 6.92 Å². The number of carboxylic acid groups (broad SMARTS) is 1. The number of carboxylic acids is 1. The summed E-state index contributed by atoms with van der Waals surface area (Å²) >= 11 is 0. The average molecular weight is 263 g/mol. The van der Waals surface area contributed by atoms with Crippen molar-refractivity contribution in [3.63, 3.8) is 0 Å². The van der Waals surface area contributed by atoms with Crippen LogP contribution < -0.4 is 4.74 Å². The summed E-state index contributed by atoms with van der Waals surface area (Å²) in [4.78, 5) is 13.2. The van der Waals surface area contributed by atoms with E-state index in [9.17, 15) is 4.79 Å². The average Bonchev–Trinajstić information content (AvgIpc) is 2.81. The van der Waals surface area contributed by atoms with E-state index in [1.54, 1.807) is 24.3 Å². The second-order valence-electron chi connectivity index (χ2n) is 5.23. The maximum atomic E-state index is 10.7. The molecule has 1 N–H and O–H groups in total. The first-order valence-corrected chi connectivity index (χ1v) is 6.83. The number of benzene rings is 1. The first-order valence-electron chi connectivity index (χ1n) is 6.83. The molecule has 1 unspecified atom stereocenters. The second kappa shape index (κ2) is 6.57. The maximum absolute atomic E-state index is 10.7. The molecule has 1 heterocycles. The molecule has 1 aromatic carbocycles. The van der Waals surface area contributed by atoms with E-state index in [0.29, 0.717) is 12.2 Å². The van der Waals surface area contributed by atoms with Gasteiger partial charge in [-0.2, -0.15) is 0 Å². The molecular weight excluding hydrogens is 242 g/mol. The second-order valence-corrected chi connectivity index (χ2v) is 5.23. The fraction of sp³-hybridized carbons (Fsp3) is 0.533. The Morgan fingerprint density at radius 2 is 2.16 bits per heavy atom. The lowest BCUT2D eigenvalue weighted by Crippen LogP contribution is -2.22. The van der Waals surface area contributed by atoms with Crippen LogP contribution >= 0.6 is 0 Å². The molecule has 1 fully saturated rings. The van der Waals surface area contributed by atoms with E-state index < -0.39 is 5.97 Å². The molecule has 1 aliphatic rings. The Morgan fingerprint density at radius 1 is 1.42 bits per heavy atom. The van der Waals surface area contributed by atoms with Crippen molar-refractivity contribution in [2.24, 2.45) is 5.92 Å². The highest BCUT2D eigenvalue weighted by molar-refractivity contribution is 5.87. The number of rotatable bonds is 6. The highest BCUT2D eigenvalue weighted by Crippen LogP contribution is 2.15. The zero-order valence-corrected chi connectivity index (χ0v) is 11.3. The van der Waals surface area contributed by atoms with Crippen LogP contribution in [0.4, 0.5) is 0 Å². The zero-order chi connectivity index (χ0) is 13.7. The first kappa shape index (κ1) is 13.9. The number of carbonyl (C=O) groups is 1. The van der Waals surface area contributed by atoms with Crippen LogP contribution in [-0.4, -0.2) is 42.2 Å². The molecule has 1 aliphatic heterocycles. The van der Waals surface area contributed by atoms with Gasteiger partial charge < -0.3 is 14.7 Å². The van der Waals surface area contributed by atoms with E-state index in [0.717, 1.165) is 24.6 Å². The van der Waals surface area contributed by atoms with E-state index >= 15 is 0 Å². The summed E-state index contributed by atoms with van der Waals surface area (Å²) in [7, 11) is 0. The Kier molecular flexibility index (Phi) is 4.80. The number of hydrogen-bond donors (Lipinski definition) is 1. The van der Waals surface area contributed by atoms with Crippen molar-refractivity contribution in [3.8, 4) is 5.75 Å². The van der Waals surface area contributed by atoms with Gasteiger partial charge in [-0.25, -0.2) is 4.79 Å². The molecule has 104 valence electrons. The molecule has 1 aromatic rings. The molecule has 19 heavy (non-hydrogen) atoms. The van der Waals surface area contributed by atoms with E-state index in [1.807, 2.05) is 0 Å². The van der Waals surface area contributed by atoms with Gasteiger partial charge in [0.1, 0.15) is 5.75 Å². The molecule has 1 saturated heterocycles. The molecule has 0 saturated carbocycles. The van der Waals surface area contributed by atoms with Gasteiger partial charge in [0.15, 0.2) is 0 Å². The minimum absolute atomic E-state index is 0.290. The summed E-state index contributed by atoms with van der Waals surface area (Å²) in [6.07, 6.45) is 2.31. The van der Waals surface area contributed by atoms with Crippen molar-refractivity contribution in [1.29, 1.82) is 0 Å². The first-order chi connectivity index (χ1) is 9.15. The van der Waals surface area contributed by atoms with Crippen molar-refractivity contribution in [2.75, 3.05) is 26.2 Å². The van der Waals surface area contributed by atoms with Crippen LogP contribution in [0, 0.1) is 5.92 Å². The molecule has 4 nitrogen and oxygen atoms in total. The SMILES string of the molecule is CC1CCN(CCCOc2ccc(C(=O)O)cc2)C1. The van der Waals surface area contributed by atoms with Crippen LogP contribution in [0.5, 0.6) is 5.75 Å². The predicted molar refractivity (Wildman–Crippen MR) is 73.7 cm³/mol. The standard InChI is InChI=1S/C15H21NO3/c1-12-7-9-16(11-12)8-2-10-19-14-5-3-13(4-6-14)15(17)18/h3-6,12H,2,7-11H2,1H3,(H,17,18). The van der Waals surface area contributed by atoms with E-state index in [2.05, 4.69) is 11.8 Å². The van der Waals surface area contributed by atoms with Gasteiger partial charge in [0.05, 0.1) is 12.2 Å². The van der Waals surface area contributed by atoms with Gasteiger partial charge in [0.2, 0.25) is 0 Å². The van der Waals surface area contributed by atoms with Crippen LogP contribution in [0.2, 0.25) is 0 Å². The predicted octanol–water partition coefficient (Wildman–Crippen LogP) is 2.50. The van der Waals surface area contributed by atoms with Gasteiger partial charge >= 0.3 is 5.97 Å². The number of nitrogens with zero attached hydrogens (tertiary/aromatic N) is 1. The Labute approximate surface area is 114 Å². The summed E-state index contributed by atoms with van der Waals surface area (Å²) < 4.78 is 5.61. The molecule has 0 aliphatic carbocycles. The van der Waals surface area contributed by atoms with Crippen LogP contribution in [0.1, 0.15) is 30.1 Å². The van der Waals surface area contributed by atoms with E-state index in [4.69, 9.17) is 9.84 Å². The normalized spacial score (nSPS) is 19.5. The van der Waals surface area contributed by atoms with Crippen molar-refractivity contribution >= 4 is 5.97 Å². The monoisotopic (exact) mass is 263 g/mol. The van der Waals surface area contributed by atoms with E-state index in [-0.39, 0.29) is 0 Å². The molecule has 0 spiro atoms. The van der Waals surface area contributed by atoms with Crippen LogP contribution in [-0.2, 0) is 0 Å². The maximum Gasteiger partial charge on any atom is 0.335 e. The van der Waals surface area contributed by atoms with Gasteiger partial charge in [0.25, 0.3) is 0 Å². The van der Waals surface area contributed by atoms with Crippen LogP contribution in [0.3, 0.4) is 0 Å². The summed E-state index contributed by atoms with van der Waals surface area (Å²) in [6.45, 7) is 6.46. The summed E-state index contributed by atoms with van der Waals surface area (Å²) in [5.74, 6) is 0.652. The molecule has 0 aromatic heterocycles. The van der Waals surface area contributed by atoms with Crippen molar-refractivity contribution in [1.82, 2.24) is 4.90 Å². The topological polar surface area (TPSA) is 49.8 Å². The third-order valence-electron chi connectivity index (χ3n) is 3.50. The third kappa shape index (κ3) is 4.24. The minimum atomic E-state index is -0.908. The lowest BCUT2D eigenvalue weighted by atomic mass is 10.2. The van der Waals surface area contributed by atoms with Gasteiger partial charge in [-0.05, 0) is 49.6 Å². The molecule has 4 heteroatoms. The molecule has 2 rings (SSSR count). The summed E-state index contributed by atoms with van der Waals surface area (Å²) in [5, 5.41) is 8.79. The molecular formula is C15H21NO3. The molecule has 0 amide bonds. The number of hydrogen-bond acceptors (Lipinski definition) is 3. The minimum Gasteiger partial charge on any atom is -0.494 e.